The van der Waals surface area contributed by atoms with E-state index in [-0.39, 0.29) is 12.0 Å². The van der Waals surface area contributed by atoms with Crippen LogP contribution in [0.5, 0.6) is 0 Å². The van der Waals surface area contributed by atoms with E-state index < -0.39 is 12.2 Å². The number of ether oxygens (including phenoxy) is 1. The fraction of sp³-hybridized carbons (Fsp3) is 0.688. The summed E-state index contributed by atoms with van der Waals surface area (Å²) >= 11 is 0. The second-order valence-electron chi connectivity index (χ2n) is 6.63. The molecule has 0 aromatic carbocycles. The van der Waals surface area contributed by atoms with Crippen LogP contribution in [0.15, 0.2) is 10.7 Å². The molecule has 2 aromatic rings. The van der Waals surface area contributed by atoms with E-state index in [1.165, 1.54) is 0 Å². The number of hydrogen-bond donors (Lipinski definition) is 3. The van der Waals surface area contributed by atoms with Crippen LogP contribution in [0.4, 0.5) is 0 Å². The highest BCUT2D eigenvalue weighted by atomic mass is 16.5. The summed E-state index contributed by atoms with van der Waals surface area (Å²) in [4.78, 5) is 0. The number of aliphatic hydroxyl groups excluding tert-OH is 2. The van der Waals surface area contributed by atoms with Crippen LogP contribution in [-0.4, -0.2) is 55.7 Å². The van der Waals surface area contributed by atoms with Gasteiger partial charge in [-0.2, -0.15) is 0 Å². The topological polar surface area (TPSA) is 118 Å². The van der Waals surface area contributed by atoms with Gasteiger partial charge in [0.15, 0.2) is 0 Å². The lowest BCUT2D eigenvalue weighted by Gasteiger charge is -2.18. The molecule has 0 unspecified atom stereocenters. The first-order chi connectivity index (χ1) is 12.0. The number of rotatable bonds is 7. The van der Waals surface area contributed by atoms with E-state index in [0.29, 0.717) is 26.1 Å². The van der Waals surface area contributed by atoms with Crippen molar-refractivity contribution in [3.05, 3.63) is 28.9 Å². The molecule has 0 spiro atoms. The number of nitrogens with one attached hydrogen (secondary N) is 1. The van der Waals surface area contributed by atoms with E-state index >= 15 is 0 Å². The smallest absolute Gasteiger partial charge is 0.138 e. The minimum absolute atomic E-state index is 0.103. The van der Waals surface area contributed by atoms with Crippen LogP contribution in [0.1, 0.15) is 29.1 Å². The minimum atomic E-state index is -0.826. The lowest BCUT2D eigenvalue weighted by atomic mass is 10.1. The van der Waals surface area contributed by atoms with Gasteiger partial charge in [-0.15, -0.1) is 5.10 Å². The van der Waals surface area contributed by atoms with Crippen LogP contribution in [0.3, 0.4) is 0 Å². The summed E-state index contributed by atoms with van der Waals surface area (Å²) in [6, 6.07) is -0.198. The van der Waals surface area contributed by atoms with Crippen LogP contribution in [0.2, 0.25) is 0 Å². The van der Waals surface area contributed by atoms with Gasteiger partial charge >= 0.3 is 0 Å². The van der Waals surface area contributed by atoms with E-state index in [1.807, 2.05) is 13.8 Å². The third-order valence-corrected chi connectivity index (χ3v) is 4.82. The summed E-state index contributed by atoms with van der Waals surface area (Å²) in [5.74, 6) is 0.664. The fourth-order valence-corrected chi connectivity index (χ4v) is 3.38. The van der Waals surface area contributed by atoms with Crippen molar-refractivity contribution < 1.29 is 19.5 Å². The average Bonchev–Trinajstić information content (AvgIpc) is 3.23. The Morgan fingerprint density at radius 2 is 2.16 bits per heavy atom. The fourth-order valence-electron chi connectivity index (χ4n) is 3.38. The Balaban J connectivity index is 1.58. The molecule has 4 atom stereocenters. The molecule has 1 fully saturated rings. The van der Waals surface area contributed by atoms with Crippen molar-refractivity contribution in [2.45, 2.75) is 58.2 Å². The van der Waals surface area contributed by atoms with Crippen LogP contribution in [-0.2, 0) is 24.4 Å². The molecular formula is C16H25N5O4. The molecule has 3 rings (SSSR count). The molecule has 1 aliphatic carbocycles. The monoisotopic (exact) mass is 351 g/mol. The predicted octanol–water partition coefficient (Wildman–Crippen LogP) is -0.0706. The van der Waals surface area contributed by atoms with Gasteiger partial charge in [0.25, 0.3) is 0 Å². The third kappa shape index (κ3) is 3.90. The van der Waals surface area contributed by atoms with Crippen molar-refractivity contribution in [2.75, 3.05) is 7.11 Å². The molecule has 1 aliphatic rings. The maximum Gasteiger partial charge on any atom is 0.138 e. The van der Waals surface area contributed by atoms with Gasteiger partial charge < -0.3 is 24.8 Å². The first kappa shape index (κ1) is 18.0. The highest BCUT2D eigenvalue weighted by Crippen LogP contribution is 2.28. The molecule has 0 bridgehead atoms. The highest BCUT2D eigenvalue weighted by Gasteiger charge is 2.41. The van der Waals surface area contributed by atoms with E-state index in [9.17, 15) is 10.2 Å². The summed E-state index contributed by atoms with van der Waals surface area (Å²) < 4.78 is 11.9. The van der Waals surface area contributed by atoms with E-state index in [1.54, 1.807) is 18.0 Å². The van der Waals surface area contributed by atoms with Gasteiger partial charge in [-0.1, -0.05) is 10.4 Å². The predicted molar refractivity (Wildman–Crippen MR) is 87.5 cm³/mol. The summed E-state index contributed by atoms with van der Waals surface area (Å²) in [6.45, 7) is 5.19. The Kier molecular flexibility index (Phi) is 5.48. The van der Waals surface area contributed by atoms with Gasteiger partial charge in [0.05, 0.1) is 30.7 Å². The largest absolute Gasteiger partial charge is 0.390 e. The lowest BCUT2D eigenvalue weighted by molar-refractivity contribution is 0.00720. The molecule has 9 nitrogen and oxygen atoms in total. The molecule has 0 radical (unpaired) electrons. The summed E-state index contributed by atoms with van der Waals surface area (Å²) in [6.07, 6.45) is 0.808. The summed E-state index contributed by atoms with van der Waals surface area (Å²) in [5.41, 5.74) is 2.57. The maximum absolute atomic E-state index is 10.4. The average molecular weight is 351 g/mol. The number of aliphatic hydroxyl groups is 2. The van der Waals surface area contributed by atoms with E-state index in [4.69, 9.17) is 9.26 Å². The zero-order valence-corrected chi connectivity index (χ0v) is 14.7. The second kappa shape index (κ2) is 7.61. The van der Waals surface area contributed by atoms with Gasteiger partial charge in [0.1, 0.15) is 11.5 Å². The molecule has 2 aromatic heterocycles. The zero-order chi connectivity index (χ0) is 18.0. The summed E-state index contributed by atoms with van der Waals surface area (Å²) in [7, 11) is 1.60. The van der Waals surface area contributed by atoms with Crippen molar-refractivity contribution in [3.8, 4) is 0 Å². The van der Waals surface area contributed by atoms with E-state index in [0.717, 1.165) is 22.7 Å². The zero-order valence-electron chi connectivity index (χ0n) is 14.7. The number of aromatic nitrogens is 4. The molecular weight excluding hydrogens is 326 g/mol. The molecule has 2 heterocycles. The Morgan fingerprint density at radius 1 is 1.36 bits per heavy atom. The van der Waals surface area contributed by atoms with Crippen molar-refractivity contribution in [1.82, 2.24) is 25.5 Å². The van der Waals surface area contributed by atoms with Gasteiger partial charge in [-0.05, 0) is 20.3 Å². The number of methoxy groups -OCH3 is 1. The van der Waals surface area contributed by atoms with Crippen LogP contribution in [0.25, 0.3) is 0 Å². The Hall–Kier alpha value is -1.81. The summed E-state index contributed by atoms with van der Waals surface area (Å²) in [5, 5.41) is 36.0. The third-order valence-electron chi connectivity index (χ3n) is 4.82. The molecule has 0 aliphatic heterocycles. The minimum Gasteiger partial charge on any atom is -0.390 e. The highest BCUT2D eigenvalue weighted by molar-refractivity contribution is 5.20. The van der Waals surface area contributed by atoms with Gasteiger partial charge in [0.2, 0.25) is 0 Å². The van der Waals surface area contributed by atoms with E-state index in [2.05, 4.69) is 20.8 Å². The number of aryl methyl sites for hydroxylation is 2. The van der Waals surface area contributed by atoms with Crippen molar-refractivity contribution in [3.63, 3.8) is 0 Å². The maximum atomic E-state index is 10.4. The first-order valence-electron chi connectivity index (χ1n) is 8.38. The van der Waals surface area contributed by atoms with Crippen LogP contribution >= 0.6 is 0 Å². The molecule has 138 valence electrons. The Bertz CT molecular complexity index is 681. The standard InChI is InChI=1S/C16H25N5O4/c1-9-13(10(2)25-19-9)5-17-14-4-11(15(22)16(14)23)6-21-7-12(8-24-3)18-20-21/h7,11,14-17,22-23H,4-6,8H2,1-3H3/t11-,14-,15-,16+/m1/s1. The normalized spacial score (nSPS) is 26.4. The molecule has 25 heavy (non-hydrogen) atoms. The van der Waals surface area contributed by atoms with Gasteiger partial charge in [0, 0.05) is 37.7 Å². The molecule has 1 saturated carbocycles. The van der Waals surface area contributed by atoms with Gasteiger partial charge in [-0.3, -0.25) is 4.68 Å². The van der Waals surface area contributed by atoms with Crippen LogP contribution < -0.4 is 5.32 Å². The first-order valence-corrected chi connectivity index (χ1v) is 8.38. The number of hydrogen-bond acceptors (Lipinski definition) is 8. The van der Waals surface area contributed by atoms with Crippen LogP contribution in [0, 0.1) is 19.8 Å². The molecule has 3 N–H and O–H groups in total. The molecule has 9 heteroatoms. The van der Waals surface area contributed by atoms with Crippen molar-refractivity contribution in [1.29, 1.82) is 0 Å². The second-order valence-corrected chi connectivity index (χ2v) is 6.63. The SMILES string of the molecule is COCc1cn(C[C@H]2C[C@@H](NCc3c(C)noc3C)[C@H](O)[C@@H]2O)nn1. The lowest BCUT2D eigenvalue weighted by Crippen LogP contribution is -2.39. The molecule has 0 saturated heterocycles. The Labute approximate surface area is 146 Å². The quantitative estimate of drug-likeness (QED) is 0.634. The number of nitrogens with zero attached hydrogens (tertiary/aromatic N) is 4. The molecule has 0 amide bonds. The van der Waals surface area contributed by atoms with Crippen molar-refractivity contribution >= 4 is 0 Å². The van der Waals surface area contributed by atoms with Crippen molar-refractivity contribution in [2.24, 2.45) is 5.92 Å². The Morgan fingerprint density at radius 3 is 2.84 bits per heavy atom. The van der Waals surface area contributed by atoms with Gasteiger partial charge in [-0.25, -0.2) is 0 Å².